The lowest BCUT2D eigenvalue weighted by molar-refractivity contribution is 0.365. The van der Waals surface area contributed by atoms with Crippen LogP contribution in [0.5, 0.6) is 0 Å². The molecule has 4 heteroatoms. The fourth-order valence-electron chi connectivity index (χ4n) is 2.49. The van der Waals surface area contributed by atoms with Gasteiger partial charge in [0.25, 0.3) is 0 Å². The number of hydrogen-bond acceptors (Lipinski definition) is 2. The minimum absolute atomic E-state index is 0.303. The van der Waals surface area contributed by atoms with Gasteiger partial charge >= 0.3 is 0 Å². The Kier molecular flexibility index (Phi) is 3.46. The fraction of sp³-hybridized carbons (Fsp3) is 0.727. The van der Waals surface area contributed by atoms with Crippen molar-refractivity contribution in [2.24, 2.45) is 5.73 Å². The third-order valence-electron chi connectivity index (χ3n) is 3.30. The van der Waals surface area contributed by atoms with Crippen LogP contribution in [0.25, 0.3) is 0 Å². The third kappa shape index (κ3) is 2.11. The molecule has 1 aromatic rings. The minimum atomic E-state index is 0.303. The van der Waals surface area contributed by atoms with Gasteiger partial charge < -0.3 is 5.73 Å². The topological polar surface area (TPSA) is 43.8 Å². The second-order valence-electron chi connectivity index (χ2n) is 4.25. The monoisotopic (exact) mass is 271 g/mol. The Morgan fingerprint density at radius 1 is 1.53 bits per heavy atom. The Labute approximate surface area is 99.2 Å². The SMILES string of the molecule is CCn1ncc(Br)c1C1CCCCC1N. The Hall–Kier alpha value is -0.350. The van der Waals surface area contributed by atoms with E-state index in [4.69, 9.17) is 5.73 Å². The lowest BCUT2D eigenvalue weighted by Gasteiger charge is -2.29. The number of nitrogens with two attached hydrogens (primary N) is 1. The summed E-state index contributed by atoms with van der Waals surface area (Å²) in [5.74, 6) is 0.482. The Morgan fingerprint density at radius 2 is 2.27 bits per heavy atom. The molecule has 1 aliphatic carbocycles. The maximum Gasteiger partial charge on any atom is 0.0635 e. The van der Waals surface area contributed by atoms with Crippen LogP contribution in [-0.4, -0.2) is 15.8 Å². The molecule has 3 nitrogen and oxygen atoms in total. The molecule has 0 aliphatic heterocycles. The zero-order valence-corrected chi connectivity index (χ0v) is 10.7. The maximum absolute atomic E-state index is 6.20. The number of rotatable bonds is 2. The first-order valence-corrected chi connectivity index (χ1v) is 6.50. The van der Waals surface area contributed by atoms with Gasteiger partial charge in [-0.15, -0.1) is 0 Å². The molecule has 15 heavy (non-hydrogen) atoms. The van der Waals surface area contributed by atoms with Gasteiger partial charge in [0, 0.05) is 18.5 Å². The Balaban J connectivity index is 2.29. The largest absolute Gasteiger partial charge is 0.327 e. The third-order valence-corrected chi connectivity index (χ3v) is 3.91. The van der Waals surface area contributed by atoms with E-state index in [0.717, 1.165) is 17.4 Å². The summed E-state index contributed by atoms with van der Waals surface area (Å²) in [6, 6.07) is 0.303. The predicted molar refractivity (Wildman–Crippen MR) is 64.8 cm³/mol. The van der Waals surface area contributed by atoms with Crippen molar-refractivity contribution in [3.05, 3.63) is 16.4 Å². The van der Waals surface area contributed by atoms with Crippen LogP contribution in [-0.2, 0) is 6.54 Å². The first-order chi connectivity index (χ1) is 7.24. The molecule has 1 aromatic heterocycles. The van der Waals surface area contributed by atoms with Gasteiger partial charge in [-0.05, 0) is 35.7 Å². The van der Waals surface area contributed by atoms with Gasteiger partial charge in [-0.3, -0.25) is 4.68 Å². The molecule has 1 heterocycles. The highest BCUT2D eigenvalue weighted by atomic mass is 79.9. The lowest BCUT2D eigenvalue weighted by atomic mass is 9.83. The highest BCUT2D eigenvalue weighted by Gasteiger charge is 2.27. The van der Waals surface area contributed by atoms with Crippen LogP contribution in [0.3, 0.4) is 0 Å². The first kappa shape index (κ1) is 11.1. The molecule has 84 valence electrons. The molecule has 2 rings (SSSR count). The van der Waals surface area contributed by atoms with Crippen LogP contribution in [0, 0.1) is 0 Å². The summed E-state index contributed by atoms with van der Waals surface area (Å²) >= 11 is 3.58. The van der Waals surface area contributed by atoms with Crippen molar-refractivity contribution >= 4 is 15.9 Å². The number of halogens is 1. The second kappa shape index (κ2) is 4.66. The summed E-state index contributed by atoms with van der Waals surface area (Å²) in [4.78, 5) is 0. The molecule has 0 aromatic carbocycles. The van der Waals surface area contributed by atoms with Crippen LogP contribution in [0.1, 0.15) is 44.2 Å². The van der Waals surface area contributed by atoms with E-state index in [1.165, 1.54) is 25.0 Å². The average molecular weight is 272 g/mol. The van der Waals surface area contributed by atoms with Crippen molar-refractivity contribution in [1.82, 2.24) is 9.78 Å². The minimum Gasteiger partial charge on any atom is -0.327 e. The molecule has 2 atom stereocenters. The van der Waals surface area contributed by atoms with Crippen molar-refractivity contribution in [2.45, 2.75) is 51.1 Å². The molecular formula is C11H18BrN3. The van der Waals surface area contributed by atoms with E-state index in [1.54, 1.807) is 0 Å². The first-order valence-electron chi connectivity index (χ1n) is 5.70. The van der Waals surface area contributed by atoms with Gasteiger partial charge in [0.05, 0.1) is 16.4 Å². The molecule has 1 aliphatic rings. The van der Waals surface area contributed by atoms with Crippen molar-refractivity contribution in [3.8, 4) is 0 Å². The van der Waals surface area contributed by atoms with Gasteiger partial charge in [0.1, 0.15) is 0 Å². The van der Waals surface area contributed by atoms with E-state index in [0.29, 0.717) is 12.0 Å². The molecule has 0 spiro atoms. The van der Waals surface area contributed by atoms with Gasteiger partial charge in [-0.2, -0.15) is 5.10 Å². The van der Waals surface area contributed by atoms with Gasteiger partial charge in [-0.1, -0.05) is 12.8 Å². The van der Waals surface area contributed by atoms with E-state index < -0.39 is 0 Å². The molecule has 0 saturated heterocycles. The highest BCUT2D eigenvalue weighted by Crippen LogP contribution is 2.35. The molecular weight excluding hydrogens is 254 g/mol. The zero-order valence-electron chi connectivity index (χ0n) is 9.12. The van der Waals surface area contributed by atoms with Gasteiger partial charge in [0.15, 0.2) is 0 Å². The van der Waals surface area contributed by atoms with Crippen LogP contribution in [0.2, 0.25) is 0 Å². The van der Waals surface area contributed by atoms with Crippen molar-refractivity contribution in [1.29, 1.82) is 0 Å². The summed E-state index contributed by atoms with van der Waals surface area (Å²) in [5.41, 5.74) is 7.50. The Bertz CT molecular complexity index is 335. The van der Waals surface area contributed by atoms with Crippen LogP contribution >= 0.6 is 15.9 Å². The number of aromatic nitrogens is 2. The molecule has 1 fully saturated rings. The van der Waals surface area contributed by atoms with Crippen LogP contribution in [0.15, 0.2) is 10.7 Å². The normalized spacial score (nSPS) is 26.9. The number of nitrogens with zero attached hydrogens (tertiary/aromatic N) is 2. The summed E-state index contributed by atoms with van der Waals surface area (Å²) in [7, 11) is 0. The molecule has 0 radical (unpaired) electrons. The van der Waals surface area contributed by atoms with Crippen LogP contribution in [0.4, 0.5) is 0 Å². The van der Waals surface area contributed by atoms with Crippen LogP contribution < -0.4 is 5.73 Å². The molecule has 1 saturated carbocycles. The smallest absolute Gasteiger partial charge is 0.0635 e. The van der Waals surface area contributed by atoms with E-state index >= 15 is 0 Å². The zero-order chi connectivity index (χ0) is 10.8. The van der Waals surface area contributed by atoms with E-state index in [9.17, 15) is 0 Å². The van der Waals surface area contributed by atoms with Gasteiger partial charge in [-0.25, -0.2) is 0 Å². The van der Waals surface area contributed by atoms with E-state index in [1.807, 2.05) is 6.20 Å². The quantitative estimate of drug-likeness (QED) is 0.899. The lowest BCUT2D eigenvalue weighted by Crippen LogP contribution is -2.33. The number of aryl methyl sites for hydroxylation is 1. The summed E-state index contributed by atoms with van der Waals surface area (Å²) < 4.78 is 3.19. The van der Waals surface area contributed by atoms with Crippen molar-refractivity contribution in [2.75, 3.05) is 0 Å². The molecule has 0 bridgehead atoms. The summed E-state index contributed by atoms with van der Waals surface area (Å²) in [6.45, 7) is 3.04. The maximum atomic E-state index is 6.20. The predicted octanol–water partition coefficient (Wildman–Crippen LogP) is 2.65. The van der Waals surface area contributed by atoms with Gasteiger partial charge in [0.2, 0.25) is 0 Å². The number of hydrogen-bond donors (Lipinski definition) is 1. The van der Waals surface area contributed by atoms with E-state index in [-0.39, 0.29) is 0 Å². The molecule has 2 unspecified atom stereocenters. The molecule has 0 amide bonds. The average Bonchev–Trinajstić information content (AvgIpc) is 2.60. The Morgan fingerprint density at radius 3 is 2.93 bits per heavy atom. The summed E-state index contributed by atoms with van der Waals surface area (Å²) in [5, 5.41) is 4.36. The second-order valence-corrected chi connectivity index (χ2v) is 5.10. The summed E-state index contributed by atoms with van der Waals surface area (Å²) in [6.07, 6.45) is 6.80. The highest BCUT2D eigenvalue weighted by molar-refractivity contribution is 9.10. The standard InChI is InChI=1S/C11H18BrN3/c1-2-15-11(9(12)7-14-15)8-5-3-4-6-10(8)13/h7-8,10H,2-6,13H2,1H3. The fourth-order valence-corrected chi connectivity index (χ4v) is 3.08. The van der Waals surface area contributed by atoms with Crippen molar-refractivity contribution in [3.63, 3.8) is 0 Å². The molecule has 2 N–H and O–H groups in total. The van der Waals surface area contributed by atoms with E-state index in [2.05, 4.69) is 32.6 Å². The van der Waals surface area contributed by atoms with Crippen molar-refractivity contribution < 1.29 is 0 Å².